The van der Waals surface area contributed by atoms with E-state index in [0.717, 1.165) is 22.0 Å². The second kappa shape index (κ2) is 9.72. The first-order valence-corrected chi connectivity index (χ1v) is 11.0. The van der Waals surface area contributed by atoms with E-state index in [1.54, 1.807) is 49.4 Å². The molecule has 160 valence electrons. The average molecular weight is 460 g/mol. The molecule has 0 unspecified atom stereocenters. The summed E-state index contributed by atoms with van der Waals surface area (Å²) in [6, 6.07) is 19.4. The number of hydrogen-bond acceptors (Lipinski definition) is 4. The van der Waals surface area contributed by atoms with Gasteiger partial charge in [0.25, 0.3) is 15.9 Å². The summed E-state index contributed by atoms with van der Waals surface area (Å²) in [5.74, 6) is -1.18. The molecule has 31 heavy (non-hydrogen) atoms. The van der Waals surface area contributed by atoms with Crippen LogP contribution in [0.4, 0.5) is 10.1 Å². The molecule has 0 radical (unpaired) electrons. The molecule has 0 heterocycles. The maximum atomic E-state index is 13.4. The monoisotopic (exact) mass is 459 g/mol. The highest BCUT2D eigenvalue weighted by Gasteiger charge is 2.27. The molecule has 1 N–H and O–H groups in total. The number of hydrogen-bond donors (Lipinski definition) is 1. The summed E-state index contributed by atoms with van der Waals surface area (Å²) in [7, 11) is -4.07. The van der Waals surface area contributed by atoms with Crippen molar-refractivity contribution in [3.63, 3.8) is 0 Å². The molecule has 0 saturated heterocycles. The van der Waals surface area contributed by atoms with Crippen molar-refractivity contribution in [2.45, 2.75) is 11.8 Å². The van der Waals surface area contributed by atoms with Gasteiger partial charge in [-0.05, 0) is 61.0 Å². The van der Waals surface area contributed by atoms with E-state index in [1.807, 2.05) is 0 Å². The van der Waals surface area contributed by atoms with Gasteiger partial charge in [-0.25, -0.2) is 18.2 Å². The highest BCUT2D eigenvalue weighted by atomic mass is 35.5. The third-order valence-electron chi connectivity index (χ3n) is 4.34. The number of nitrogens with one attached hydrogen (secondary N) is 1. The van der Waals surface area contributed by atoms with Crippen LogP contribution in [0.1, 0.15) is 12.5 Å². The Bertz CT molecular complexity index is 1180. The molecule has 0 spiro atoms. The third kappa shape index (κ3) is 5.68. The minimum Gasteiger partial charge on any atom is -0.271 e. The quantitative estimate of drug-likeness (QED) is 0.424. The van der Waals surface area contributed by atoms with E-state index in [9.17, 15) is 17.6 Å². The van der Waals surface area contributed by atoms with Gasteiger partial charge in [-0.15, -0.1) is 0 Å². The Kier molecular flexibility index (Phi) is 7.04. The van der Waals surface area contributed by atoms with Crippen molar-refractivity contribution in [1.82, 2.24) is 5.43 Å². The molecule has 0 saturated carbocycles. The predicted molar refractivity (Wildman–Crippen MR) is 119 cm³/mol. The van der Waals surface area contributed by atoms with Crippen molar-refractivity contribution < 1.29 is 17.6 Å². The zero-order valence-electron chi connectivity index (χ0n) is 16.5. The van der Waals surface area contributed by atoms with Crippen molar-refractivity contribution in [2.75, 3.05) is 10.8 Å². The summed E-state index contributed by atoms with van der Waals surface area (Å²) in [5, 5.41) is 4.60. The van der Waals surface area contributed by atoms with E-state index in [1.165, 1.54) is 24.3 Å². The Hall–Kier alpha value is -3.23. The number of anilines is 1. The molecule has 3 rings (SSSR count). The summed E-state index contributed by atoms with van der Waals surface area (Å²) in [4.78, 5) is 12.5. The number of benzene rings is 3. The normalized spacial score (nSPS) is 11.8. The van der Waals surface area contributed by atoms with E-state index < -0.39 is 28.3 Å². The van der Waals surface area contributed by atoms with E-state index in [0.29, 0.717) is 10.7 Å². The van der Waals surface area contributed by atoms with E-state index in [2.05, 4.69) is 10.5 Å². The maximum Gasteiger partial charge on any atom is 0.264 e. The van der Waals surface area contributed by atoms with Crippen LogP contribution in [-0.4, -0.2) is 26.6 Å². The topological polar surface area (TPSA) is 78.8 Å². The number of halogens is 2. The van der Waals surface area contributed by atoms with Gasteiger partial charge in [0.1, 0.15) is 12.4 Å². The smallest absolute Gasteiger partial charge is 0.264 e. The zero-order valence-corrected chi connectivity index (χ0v) is 18.1. The number of amides is 1. The first kappa shape index (κ1) is 22.5. The van der Waals surface area contributed by atoms with Crippen molar-refractivity contribution in [2.24, 2.45) is 5.10 Å². The van der Waals surface area contributed by atoms with Crippen molar-refractivity contribution in [1.29, 1.82) is 0 Å². The van der Waals surface area contributed by atoms with Gasteiger partial charge in [0.15, 0.2) is 0 Å². The number of carbonyl (C=O) groups is 1. The number of nitrogens with zero attached hydrogens (tertiary/aromatic N) is 2. The maximum absolute atomic E-state index is 13.4. The lowest BCUT2D eigenvalue weighted by Crippen LogP contribution is -2.39. The second-order valence-electron chi connectivity index (χ2n) is 6.54. The molecule has 6 nitrogen and oxygen atoms in total. The molecular weight excluding hydrogens is 441 g/mol. The van der Waals surface area contributed by atoms with Crippen molar-refractivity contribution >= 4 is 38.9 Å². The molecule has 3 aromatic rings. The van der Waals surface area contributed by atoms with Crippen LogP contribution in [0.5, 0.6) is 0 Å². The van der Waals surface area contributed by atoms with Gasteiger partial charge in [-0.3, -0.25) is 9.10 Å². The van der Waals surface area contributed by atoms with Gasteiger partial charge in [-0.1, -0.05) is 41.9 Å². The van der Waals surface area contributed by atoms with Crippen LogP contribution in [0.2, 0.25) is 5.02 Å². The van der Waals surface area contributed by atoms with Crippen LogP contribution >= 0.6 is 11.6 Å². The minimum absolute atomic E-state index is 0.00738. The lowest BCUT2D eigenvalue weighted by Gasteiger charge is -2.23. The largest absolute Gasteiger partial charge is 0.271 e. The summed E-state index contributed by atoms with van der Waals surface area (Å²) < 4.78 is 40.6. The van der Waals surface area contributed by atoms with E-state index >= 15 is 0 Å². The molecule has 0 aliphatic carbocycles. The number of sulfonamides is 1. The minimum atomic E-state index is -4.07. The van der Waals surface area contributed by atoms with Crippen LogP contribution in [0, 0.1) is 5.82 Å². The van der Waals surface area contributed by atoms with Crippen LogP contribution < -0.4 is 9.73 Å². The Morgan fingerprint density at radius 3 is 2.23 bits per heavy atom. The number of rotatable bonds is 7. The highest BCUT2D eigenvalue weighted by Crippen LogP contribution is 2.23. The van der Waals surface area contributed by atoms with Gasteiger partial charge in [0, 0.05) is 5.02 Å². The average Bonchev–Trinajstić information content (AvgIpc) is 2.77. The molecule has 0 fully saturated rings. The van der Waals surface area contributed by atoms with Gasteiger partial charge < -0.3 is 0 Å². The third-order valence-corrected chi connectivity index (χ3v) is 6.38. The van der Waals surface area contributed by atoms with Gasteiger partial charge >= 0.3 is 0 Å². The predicted octanol–water partition coefficient (Wildman–Crippen LogP) is 4.21. The Balaban J connectivity index is 1.84. The Morgan fingerprint density at radius 2 is 1.61 bits per heavy atom. The molecule has 9 heteroatoms. The van der Waals surface area contributed by atoms with Gasteiger partial charge in [0.2, 0.25) is 0 Å². The molecular formula is C22H19ClFN3O3S. The lowest BCUT2D eigenvalue weighted by molar-refractivity contribution is -0.119. The SMILES string of the molecule is C/C(=N/NC(=O)CN(c1ccc(F)cc1)S(=O)(=O)c1ccccc1)c1ccc(Cl)cc1. The summed E-state index contributed by atoms with van der Waals surface area (Å²) >= 11 is 5.87. The van der Waals surface area contributed by atoms with Crippen molar-refractivity contribution in [3.05, 3.63) is 95.3 Å². The second-order valence-corrected chi connectivity index (χ2v) is 8.84. The summed E-state index contributed by atoms with van der Waals surface area (Å²) in [5.41, 5.74) is 3.78. The summed E-state index contributed by atoms with van der Waals surface area (Å²) in [6.45, 7) is 1.15. The molecule has 0 aliphatic rings. The van der Waals surface area contributed by atoms with Crippen molar-refractivity contribution in [3.8, 4) is 0 Å². The van der Waals surface area contributed by atoms with Gasteiger partial charge in [-0.2, -0.15) is 5.10 Å². The molecule has 0 aliphatic heterocycles. The van der Waals surface area contributed by atoms with Crippen LogP contribution in [0.25, 0.3) is 0 Å². The van der Waals surface area contributed by atoms with Crippen LogP contribution in [-0.2, 0) is 14.8 Å². The fourth-order valence-corrected chi connectivity index (χ4v) is 4.28. The van der Waals surface area contributed by atoms with E-state index in [4.69, 9.17) is 11.6 Å². The van der Waals surface area contributed by atoms with E-state index in [-0.39, 0.29) is 10.6 Å². The van der Waals surface area contributed by atoms with Crippen LogP contribution in [0.15, 0.2) is 88.9 Å². The molecule has 0 atom stereocenters. The Morgan fingerprint density at radius 1 is 1.00 bits per heavy atom. The zero-order chi connectivity index (χ0) is 22.4. The lowest BCUT2D eigenvalue weighted by atomic mass is 10.1. The first-order chi connectivity index (χ1) is 14.8. The Labute approximate surface area is 185 Å². The fourth-order valence-electron chi connectivity index (χ4n) is 2.71. The molecule has 3 aromatic carbocycles. The highest BCUT2D eigenvalue weighted by molar-refractivity contribution is 7.92. The van der Waals surface area contributed by atoms with Gasteiger partial charge in [0.05, 0.1) is 16.3 Å². The number of carbonyl (C=O) groups excluding carboxylic acids is 1. The first-order valence-electron chi connectivity index (χ1n) is 9.20. The van der Waals surface area contributed by atoms with Crippen LogP contribution in [0.3, 0.4) is 0 Å². The molecule has 0 aromatic heterocycles. The fraction of sp³-hybridized carbons (Fsp3) is 0.0909. The standard InChI is InChI=1S/C22H19ClFN3O3S/c1-16(17-7-9-18(23)10-8-17)25-26-22(28)15-27(20-13-11-19(24)12-14-20)31(29,30)21-5-3-2-4-6-21/h2-14H,15H2,1H3,(H,26,28)/b25-16-. The molecule has 1 amide bonds. The molecule has 0 bridgehead atoms. The number of hydrazone groups is 1. The summed E-state index contributed by atoms with van der Waals surface area (Å²) in [6.07, 6.45) is 0.